The molecule has 0 radical (unpaired) electrons. The summed E-state index contributed by atoms with van der Waals surface area (Å²) in [5.41, 5.74) is 4.52. The smallest absolute Gasteiger partial charge is 0.113 e. The van der Waals surface area contributed by atoms with Crippen LogP contribution in [-0.4, -0.2) is 52.9 Å². The van der Waals surface area contributed by atoms with Crippen LogP contribution in [0.1, 0.15) is 45.9 Å². The van der Waals surface area contributed by atoms with E-state index in [2.05, 4.69) is 25.1 Å². The number of ether oxygens (including phenoxy) is 2. The third-order valence-electron chi connectivity index (χ3n) is 5.86. The number of hydrogen-bond acceptors (Lipinski definition) is 6. The van der Waals surface area contributed by atoms with Crippen LogP contribution >= 0.6 is 11.3 Å². The quantitative estimate of drug-likeness (QED) is 0.714. The van der Waals surface area contributed by atoms with Crippen LogP contribution in [0, 0.1) is 6.92 Å². The third-order valence-corrected chi connectivity index (χ3v) is 7.02. The van der Waals surface area contributed by atoms with Crippen molar-refractivity contribution >= 4 is 16.9 Å². The predicted molar refractivity (Wildman–Crippen MR) is 113 cm³/mol. The van der Waals surface area contributed by atoms with E-state index in [1.807, 2.05) is 29.5 Å². The Morgan fingerprint density at radius 3 is 2.66 bits per heavy atom. The van der Waals surface area contributed by atoms with Gasteiger partial charge in [0, 0.05) is 16.2 Å². The van der Waals surface area contributed by atoms with E-state index in [9.17, 15) is 15.3 Å². The van der Waals surface area contributed by atoms with Gasteiger partial charge in [0.2, 0.25) is 0 Å². The molecule has 29 heavy (non-hydrogen) atoms. The summed E-state index contributed by atoms with van der Waals surface area (Å²) in [5.74, 6) is 0. The van der Waals surface area contributed by atoms with Crippen molar-refractivity contribution in [3.63, 3.8) is 0 Å². The van der Waals surface area contributed by atoms with Gasteiger partial charge in [-0.05, 0) is 54.7 Å². The van der Waals surface area contributed by atoms with Gasteiger partial charge in [-0.1, -0.05) is 24.3 Å². The Labute approximate surface area is 175 Å². The second-order valence-electron chi connectivity index (χ2n) is 7.92. The van der Waals surface area contributed by atoms with Crippen molar-refractivity contribution in [2.24, 2.45) is 0 Å². The maximum absolute atomic E-state index is 10.4. The minimum absolute atomic E-state index is 0.546. The van der Waals surface area contributed by atoms with E-state index in [1.165, 1.54) is 26.5 Å². The van der Waals surface area contributed by atoms with Crippen molar-refractivity contribution in [1.29, 1.82) is 0 Å². The van der Waals surface area contributed by atoms with Crippen LogP contribution in [-0.2, 0) is 15.9 Å². The molecule has 0 spiro atoms. The predicted octanol–water partition coefficient (Wildman–Crippen LogP) is 2.99. The maximum atomic E-state index is 10.4. The number of rotatable bonds is 4. The molecule has 1 aromatic heterocycles. The first-order valence-electron chi connectivity index (χ1n) is 10.1. The Morgan fingerprint density at radius 1 is 1.07 bits per heavy atom. The van der Waals surface area contributed by atoms with E-state index >= 15 is 0 Å². The Balaban J connectivity index is 1.55. The van der Waals surface area contributed by atoms with E-state index in [1.54, 1.807) is 6.92 Å². The molecule has 1 fully saturated rings. The Kier molecular flexibility index (Phi) is 6.20. The number of aliphatic hydroxyl groups is 3. The monoisotopic (exact) mass is 416 g/mol. The van der Waals surface area contributed by atoms with Gasteiger partial charge in [-0.3, -0.25) is 0 Å². The lowest BCUT2D eigenvalue weighted by Crippen LogP contribution is -2.53. The van der Waals surface area contributed by atoms with Crippen molar-refractivity contribution in [1.82, 2.24) is 0 Å². The Bertz CT molecular complexity index is 889. The fraction of sp³-hybridized carbons (Fsp3) is 0.478. The second-order valence-corrected chi connectivity index (χ2v) is 9.08. The summed E-state index contributed by atoms with van der Waals surface area (Å²) in [6, 6.07) is 10.4. The minimum atomic E-state index is -1.22. The SMILES string of the molecule is Cc1ccc([C@@H]2O[C@H](C)[C@@H](O)[C@H](O)[C@H]2O)cc1Cc1ccc(C2=CCOCC2)s1. The molecule has 2 aromatic rings. The van der Waals surface area contributed by atoms with Crippen molar-refractivity contribution in [2.75, 3.05) is 13.2 Å². The molecule has 0 aliphatic carbocycles. The average Bonchev–Trinajstić information content (AvgIpc) is 3.20. The Morgan fingerprint density at radius 2 is 1.90 bits per heavy atom. The first kappa shape index (κ1) is 20.7. The van der Waals surface area contributed by atoms with Crippen molar-refractivity contribution in [3.8, 4) is 0 Å². The number of hydrogen-bond donors (Lipinski definition) is 3. The standard InChI is InChI=1S/C23H28O5S/c1-13-3-4-16(23-22(26)21(25)20(24)14(2)28-23)11-17(13)12-18-5-6-19(29-18)15-7-9-27-10-8-15/h3-7,11,14,20-26H,8-10,12H2,1-2H3/t14-,20-,21+,22-,23+/m1/s1. The molecule has 0 unspecified atom stereocenters. The molecule has 2 aliphatic rings. The van der Waals surface area contributed by atoms with Crippen LogP contribution in [0.4, 0.5) is 0 Å². The van der Waals surface area contributed by atoms with Gasteiger partial charge in [-0.15, -0.1) is 11.3 Å². The molecule has 6 heteroatoms. The minimum Gasteiger partial charge on any atom is -0.388 e. The highest BCUT2D eigenvalue weighted by Crippen LogP contribution is 2.34. The number of benzene rings is 1. The van der Waals surface area contributed by atoms with Crippen LogP contribution < -0.4 is 0 Å². The lowest BCUT2D eigenvalue weighted by molar-refractivity contribution is -0.219. The average molecular weight is 417 g/mol. The van der Waals surface area contributed by atoms with Gasteiger partial charge in [0.1, 0.15) is 24.4 Å². The van der Waals surface area contributed by atoms with E-state index in [0.717, 1.165) is 25.0 Å². The zero-order valence-corrected chi connectivity index (χ0v) is 17.6. The van der Waals surface area contributed by atoms with Crippen LogP contribution in [0.2, 0.25) is 0 Å². The lowest BCUT2D eigenvalue weighted by Gasteiger charge is -2.39. The summed E-state index contributed by atoms with van der Waals surface area (Å²) in [7, 11) is 0. The highest BCUT2D eigenvalue weighted by molar-refractivity contribution is 7.13. The van der Waals surface area contributed by atoms with Gasteiger partial charge in [0.05, 0.1) is 19.3 Å². The van der Waals surface area contributed by atoms with Gasteiger partial charge in [0.15, 0.2) is 0 Å². The molecule has 1 saturated heterocycles. The highest BCUT2D eigenvalue weighted by Gasteiger charge is 2.42. The van der Waals surface area contributed by atoms with Crippen LogP contribution in [0.5, 0.6) is 0 Å². The molecule has 0 bridgehead atoms. The van der Waals surface area contributed by atoms with Gasteiger partial charge >= 0.3 is 0 Å². The van der Waals surface area contributed by atoms with Crippen molar-refractivity contribution in [2.45, 2.75) is 57.2 Å². The van der Waals surface area contributed by atoms with Gasteiger partial charge in [-0.2, -0.15) is 0 Å². The molecule has 4 rings (SSSR count). The summed E-state index contributed by atoms with van der Waals surface area (Å²) in [5, 5.41) is 30.5. The fourth-order valence-corrected chi connectivity index (χ4v) is 5.07. The van der Waals surface area contributed by atoms with Gasteiger partial charge < -0.3 is 24.8 Å². The molecule has 156 valence electrons. The molecular formula is C23H28O5S. The third kappa shape index (κ3) is 4.33. The van der Waals surface area contributed by atoms with Gasteiger partial charge in [-0.25, -0.2) is 0 Å². The van der Waals surface area contributed by atoms with E-state index < -0.39 is 30.5 Å². The molecule has 5 nitrogen and oxygen atoms in total. The number of thiophene rings is 1. The zero-order valence-electron chi connectivity index (χ0n) is 16.7. The van der Waals surface area contributed by atoms with Crippen LogP contribution in [0.3, 0.4) is 0 Å². The highest BCUT2D eigenvalue weighted by atomic mass is 32.1. The topological polar surface area (TPSA) is 79.2 Å². The van der Waals surface area contributed by atoms with Crippen LogP contribution in [0.25, 0.3) is 5.57 Å². The van der Waals surface area contributed by atoms with Crippen molar-refractivity contribution < 1.29 is 24.8 Å². The summed E-state index contributed by atoms with van der Waals surface area (Å²) >= 11 is 1.81. The zero-order chi connectivity index (χ0) is 20.5. The molecule has 0 saturated carbocycles. The summed E-state index contributed by atoms with van der Waals surface area (Å²) in [6.07, 6.45) is -0.755. The molecular weight excluding hydrogens is 388 g/mol. The summed E-state index contributed by atoms with van der Waals surface area (Å²) < 4.78 is 11.2. The second kappa shape index (κ2) is 8.68. The largest absolute Gasteiger partial charge is 0.388 e. The van der Waals surface area contributed by atoms with E-state index in [-0.39, 0.29) is 0 Å². The number of aliphatic hydroxyl groups excluding tert-OH is 3. The maximum Gasteiger partial charge on any atom is 0.113 e. The van der Waals surface area contributed by atoms with Crippen molar-refractivity contribution in [3.05, 3.63) is 62.9 Å². The molecule has 2 aliphatic heterocycles. The normalized spacial score (nSPS) is 30.2. The van der Waals surface area contributed by atoms with Gasteiger partial charge in [0.25, 0.3) is 0 Å². The first-order chi connectivity index (χ1) is 13.9. The molecule has 1 aromatic carbocycles. The fourth-order valence-electron chi connectivity index (χ4n) is 3.97. The molecule has 5 atom stereocenters. The summed E-state index contributed by atoms with van der Waals surface area (Å²) in [4.78, 5) is 2.58. The van der Waals surface area contributed by atoms with E-state index in [4.69, 9.17) is 9.47 Å². The molecule has 3 heterocycles. The van der Waals surface area contributed by atoms with E-state index in [0.29, 0.717) is 6.61 Å². The molecule has 0 amide bonds. The lowest BCUT2D eigenvalue weighted by atomic mass is 9.90. The summed E-state index contributed by atoms with van der Waals surface area (Å²) in [6.45, 7) is 5.25. The Hall–Kier alpha value is -1.54. The first-order valence-corrected chi connectivity index (χ1v) is 10.9. The molecule has 3 N–H and O–H groups in total. The number of aryl methyl sites for hydroxylation is 1. The van der Waals surface area contributed by atoms with Crippen LogP contribution in [0.15, 0.2) is 36.4 Å².